The van der Waals surface area contributed by atoms with Crippen molar-refractivity contribution in [2.45, 2.75) is 102 Å². The Morgan fingerprint density at radius 1 is 0.314 bits per heavy atom. The van der Waals surface area contributed by atoms with E-state index >= 15 is 0 Å². The maximum absolute atomic E-state index is 7.56. The fourth-order valence-electron chi connectivity index (χ4n) is 15.6. The highest BCUT2D eigenvalue weighted by atomic mass is 15.0. The van der Waals surface area contributed by atoms with Crippen molar-refractivity contribution in [3.8, 4) is 67.8 Å². The molecule has 522 valence electrons. The van der Waals surface area contributed by atoms with E-state index in [0.29, 0.717) is 5.69 Å². The van der Waals surface area contributed by atoms with Crippen LogP contribution in [0.2, 0.25) is 0 Å². The molecular formula is C96H97N9+4. The van der Waals surface area contributed by atoms with Gasteiger partial charge in [-0.2, -0.15) is 18.3 Å². The predicted molar refractivity (Wildman–Crippen MR) is 437 cm³/mol. The lowest BCUT2D eigenvalue weighted by molar-refractivity contribution is -0.603. The highest BCUT2D eigenvalue weighted by Gasteiger charge is 2.28. The third-order valence-corrected chi connectivity index (χ3v) is 21.4. The molecule has 8 aromatic carbocycles. The first-order valence-corrected chi connectivity index (χ1v) is 36.4. The highest BCUT2D eigenvalue weighted by Crippen LogP contribution is 2.40. The van der Waals surface area contributed by atoms with E-state index in [9.17, 15) is 0 Å². The third kappa shape index (κ3) is 13.8. The van der Waals surface area contributed by atoms with Crippen molar-refractivity contribution in [2.24, 2.45) is 28.2 Å². The van der Waals surface area contributed by atoms with E-state index in [1.54, 1.807) is 0 Å². The Hall–Kier alpha value is -12.0. The molecule has 0 saturated heterocycles. The van der Waals surface area contributed by atoms with Crippen LogP contribution in [0.3, 0.4) is 0 Å². The molecule has 9 heteroatoms. The van der Waals surface area contributed by atoms with Crippen molar-refractivity contribution in [3.05, 3.63) is 340 Å². The van der Waals surface area contributed by atoms with Crippen LogP contribution < -0.4 is 18.3 Å². The van der Waals surface area contributed by atoms with Crippen molar-refractivity contribution >= 4 is 49.3 Å². The van der Waals surface area contributed by atoms with Crippen LogP contribution in [-0.2, 0) is 33.6 Å². The fraction of sp³-hybridized carbons (Fsp3) is 0.198. The van der Waals surface area contributed by atoms with Gasteiger partial charge in [-0.3, -0.25) is 0 Å². The number of para-hydroxylation sites is 4. The fourth-order valence-corrected chi connectivity index (χ4v) is 15.6. The molecule has 0 unspecified atom stereocenters. The molecule has 0 aliphatic rings. The third-order valence-electron chi connectivity index (χ3n) is 21.4. The molecule has 0 atom stereocenters. The average molecular weight is 1380 g/mol. The van der Waals surface area contributed by atoms with Crippen LogP contribution in [0.4, 0.5) is 5.69 Å². The van der Waals surface area contributed by atoms with Crippen LogP contribution in [0.25, 0.3) is 116 Å². The normalized spacial score (nSPS) is 11.3. The number of hydrogen-bond donors (Lipinski definition) is 0. The molecule has 0 bridgehead atoms. The van der Waals surface area contributed by atoms with Gasteiger partial charge >= 0.3 is 0 Å². The minimum Gasteiger partial charge on any atom is -0.344 e. The number of fused-ring (bicyclic) bond motifs is 4. The van der Waals surface area contributed by atoms with Gasteiger partial charge in [0.05, 0.1) is 6.57 Å². The minimum absolute atomic E-state index is 0.0744. The summed E-state index contributed by atoms with van der Waals surface area (Å²) in [5.41, 5.74) is 35.7. The quantitative estimate of drug-likeness (QED) is 0.107. The van der Waals surface area contributed by atoms with Gasteiger partial charge in [-0.1, -0.05) is 118 Å². The number of nitrogens with zero attached hydrogens (tertiary/aromatic N) is 9. The van der Waals surface area contributed by atoms with Crippen LogP contribution in [0.5, 0.6) is 0 Å². The van der Waals surface area contributed by atoms with Gasteiger partial charge in [-0.05, 0) is 149 Å². The van der Waals surface area contributed by atoms with E-state index < -0.39 is 0 Å². The number of aryl methyl sites for hydroxylation is 11. The Morgan fingerprint density at radius 3 is 1.03 bits per heavy atom. The molecule has 0 spiro atoms. The summed E-state index contributed by atoms with van der Waals surface area (Å²) in [6, 6.07) is 84.0. The number of pyridine rings is 4. The summed E-state index contributed by atoms with van der Waals surface area (Å²) in [4.78, 5) is 3.72. The van der Waals surface area contributed by atoms with Crippen LogP contribution in [0.1, 0.15) is 88.1 Å². The monoisotopic (exact) mass is 1380 g/mol. The molecule has 16 aromatic rings. The zero-order chi connectivity index (χ0) is 74.3. The summed E-state index contributed by atoms with van der Waals surface area (Å²) in [7, 11) is 8.57. The van der Waals surface area contributed by atoms with Crippen LogP contribution in [-0.4, -0.2) is 18.3 Å². The Kier molecular flexibility index (Phi) is 20.0. The lowest BCUT2D eigenvalue weighted by Gasteiger charge is -2.22. The molecular weight excluding hydrogens is 1280 g/mol. The van der Waals surface area contributed by atoms with E-state index in [0.717, 1.165) is 22.6 Å². The van der Waals surface area contributed by atoms with Gasteiger partial charge in [0.1, 0.15) is 0 Å². The predicted octanol–water partition coefficient (Wildman–Crippen LogP) is 21.7. The van der Waals surface area contributed by atoms with Gasteiger partial charge in [0.15, 0.2) is 53.3 Å². The first kappa shape index (κ1) is 71.4. The summed E-state index contributed by atoms with van der Waals surface area (Å²) in [5, 5.41) is 5.06. The molecule has 16 rings (SSSR count). The first-order valence-electron chi connectivity index (χ1n) is 36.4. The molecule has 0 radical (unpaired) electrons. The van der Waals surface area contributed by atoms with Crippen molar-refractivity contribution in [1.82, 2.24) is 18.3 Å². The largest absolute Gasteiger partial charge is 0.344 e. The molecule has 9 nitrogen and oxygen atoms in total. The Bertz CT molecular complexity index is 6040. The lowest BCUT2D eigenvalue weighted by atomic mass is 9.84. The topological polar surface area (TPSA) is 39.6 Å². The number of hydrogen-bond acceptors (Lipinski definition) is 0. The average Bonchev–Trinajstić information content (AvgIpc) is 1.63. The van der Waals surface area contributed by atoms with Crippen molar-refractivity contribution in [1.29, 1.82) is 0 Å². The Balaban J connectivity index is 0.000000124. The van der Waals surface area contributed by atoms with E-state index in [1.165, 1.54) is 156 Å². The van der Waals surface area contributed by atoms with Crippen molar-refractivity contribution < 1.29 is 18.3 Å². The second-order valence-electron chi connectivity index (χ2n) is 29.4. The lowest BCUT2D eigenvalue weighted by Crippen LogP contribution is -2.35. The van der Waals surface area contributed by atoms with Gasteiger partial charge < -0.3 is 18.3 Å². The number of rotatable bonds is 8. The number of aromatic nitrogens is 8. The Morgan fingerprint density at radius 2 is 0.648 bits per heavy atom. The molecule has 8 aromatic heterocycles. The summed E-state index contributed by atoms with van der Waals surface area (Å²) in [5.74, 6) is 0. The van der Waals surface area contributed by atoms with E-state index in [1.807, 2.05) is 24.3 Å². The van der Waals surface area contributed by atoms with Crippen molar-refractivity contribution in [3.63, 3.8) is 0 Å². The van der Waals surface area contributed by atoms with E-state index in [-0.39, 0.29) is 5.41 Å². The molecule has 8 heterocycles. The zero-order valence-corrected chi connectivity index (χ0v) is 64.4. The molecule has 0 N–H and O–H groups in total. The van der Waals surface area contributed by atoms with Gasteiger partial charge in [0.25, 0.3) is 0 Å². The number of benzene rings is 8. The summed E-state index contributed by atoms with van der Waals surface area (Å²) >= 11 is 0. The molecule has 0 amide bonds. The van der Waals surface area contributed by atoms with Crippen LogP contribution >= 0.6 is 0 Å². The molecule has 0 aliphatic carbocycles. The van der Waals surface area contributed by atoms with E-state index in [4.69, 9.17) is 6.57 Å². The van der Waals surface area contributed by atoms with Crippen LogP contribution in [0, 0.1) is 82.7 Å². The van der Waals surface area contributed by atoms with Crippen LogP contribution in [0.15, 0.2) is 261 Å². The van der Waals surface area contributed by atoms with E-state index in [2.05, 4.69) is 404 Å². The second-order valence-corrected chi connectivity index (χ2v) is 29.4. The molecule has 0 fully saturated rings. The second kappa shape index (κ2) is 29.4. The van der Waals surface area contributed by atoms with Crippen molar-refractivity contribution in [2.75, 3.05) is 0 Å². The summed E-state index contributed by atoms with van der Waals surface area (Å²) in [6.07, 6.45) is 8.51. The summed E-state index contributed by atoms with van der Waals surface area (Å²) in [6.45, 7) is 38.4. The van der Waals surface area contributed by atoms with Gasteiger partial charge in [0.2, 0.25) is 22.7 Å². The zero-order valence-electron chi connectivity index (χ0n) is 64.4. The maximum Gasteiger partial charge on any atom is 0.217 e. The van der Waals surface area contributed by atoms with Gasteiger partial charge in [-0.25, -0.2) is 4.85 Å². The highest BCUT2D eigenvalue weighted by molar-refractivity contribution is 5.92. The standard InChI is InChI=1S/C26H29N2.C24H25N2.C23H20N3.C23H23N2/c1-18-11-9-10-14-28(18)24-17-21(26(3,4)5)16-22(19(24)2)25-15-20-12-7-8-13-23(20)27(25)6;1-16-14-17(2)24(26-13-9-8-10-18(26)3)19(4)23(16)22-15-20-11-6-7-12-21(20)25(22)5;1-16-9-7-8-12-26(16)22-15-19(24-3)14-20(17(22)2)23-13-18-10-5-6-11-21(18)25(23)4;1-16-13-20(23-15-19-10-5-6-11-21(19)24(23)4)18(3)22(14-16)25-12-8-7-9-17(25)2/h7-17H,1-6H3;6-15H,1-5H3;5-15H,1-2,4H3;5-15H,1-4H3/q4*+1. The molecule has 105 heavy (non-hydrogen) atoms. The smallest absolute Gasteiger partial charge is 0.217 e. The SMILES string of the molecule is Cc1c(-c2cc3ccccc3n2C)cc(C(C)(C)C)cc1-[n+]1ccccc1C.Cc1cc(-c2cc3ccccc3n2C)c(C)c(-[n+]2ccccc2C)c1.Cc1cc(C)c(-[n+]2ccccc2C)c(C)c1-c1cc2ccccc2n1C.[C-]#[N+]c1cc(-c2cc3ccccc3n2C)c(C)c(-[n+]2ccccc2C)c1. The first-order chi connectivity index (χ1) is 50.4. The minimum atomic E-state index is 0.0744. The molecule has 0 aliphatic heterocycles. The Labute approximate surface area is 620 Å². The van der Waals surface area contributed by atoms with Gasteiger partial charge in [-0.15, -0.1) is 0 Å². The molecule has 0 saturated carbocycles. The summed E-state index contributed by atoms with van der Waals surface area (Å²) < 4.78 is 18.2. The maximum atomic E-state index is 7.56. The van der Waals surface area contributed by atoms with Gasteiger partial charge in [0, 0.05) is 234 Å².